The molecule has 0 radical (unpaired) electrons. The van der Waals surface area contributed by atoms with E-state index in [1.807, 2.05) is 30.3 Å². The number of unbranched alkanes of at least 4 members (excludes halogenated alkanes) is 3. The van der Waals surface area contributed by atoms with E-state index in [-0.39, 0.29) is 18.4 Å². The molecule has 2 atom stereocenters. The number of nitrogens with one attached hydrogen (secondary N) is 1. The minimum Gasteiger partial charge on any atom is -0.481 e. The molecule has 5 N–H and O–H groups in total. The number of hydrogen-bond acceptors (Lipinski definition) is 5. The third kappa shape index (κ3) is 12.7. The number of rotatable bonds is 14. The molecule has 1 saturated carbocycles. The van der Waals surface area contributed by atoms with Crippen molar-refractivity contribution in [1.29, 1.82) is 0 Å². The fraction of sp³-hybridized carbons (Fsp3) is 0.654. The van der Waals surface area contributed by atoms with E-state index in [0.29, 0.717) is 38.3 Å². The van der Waals surface area contributed by atoms with Crippen LogP contribution in [0.15, 0.2) is 30.3 Å². The number of aliphatic carboxylic acids is 1. The van der Waals surface area contributed by atoms with Crippen LogP contribution in [0.25, 0.3) is 0 Å². The second kappa shape index (κ2) is 18.0. The van der Waals surface area contributed by atoms with Crippen LogP contribution in [0.5, 0.6) is 0 Å². The zero-order chi connectivity index (χ0) is 25.2. The summed E-state index contributed by atoms with van der Waals surface area (Å²) in [5.41, 5.74) is 6.39. The zero-order valence-electron chi connectivity index (χ0n) is 20.5. The van der Waals surface area contributed by atoms with Gasteiger partial charge in [-0.25, -0.2) is 0 Å². The van der Waals surface area contributed by atoms with Gasteiger partial charge in [0.05, 0.1) is 6.10 Å². The van der Waals surface area contributed by atoms with Crippen LogP contribution in [-0.4, -0.2) is 59.1 Å². The summed E-state index contributed by atoms with van der Waals surface area (Å²) in [5, 5.41) is 20.5. The summed E-state index contributed by atoms with van der Waals surface area (Å²) in [6.45, 7) is 0.931. The molecule has 34 heavy (non-hydrogen) atoms. The number of carbonyl (C=O) groups excluding carboxylic acids is 2. The van der Waals surface area contributed by atoms with E-state index in [2.05, 4.69) is 5.32 Å². The van der Waals surface area contributed by atoms with Crippen LogP contribution in [0.1, 0.15) is 76.2 Å². The van der Waals surface area contributed by atoms with Crippen LogP contribution < -0.4 is 11.1 Å². The molecule has 1 aromatic rings. The SMILES string of the molecule is CN(Cc1ccccc1)C(=O)C(CCCCCCC(=O)O)NC=O.NCC(O)C1CCCCC1. The quantitative estimate of drug-likeness (QED) is 0.240. The molecular formula is C26H43N3O5. The van der Waals surface area contributed by atoms with Gasteiger partial charge in [0.2, 0.25) is 12.3 Å². The van der Waals surface area contributed by atoms with Gasteiger partial charge in [0.15, 0.2) is 0 Å². The topological polar surface area (TPSA) is 133 Å². The highest BCUT2D eigenvalue weighted by Gasteiger charge is 2.21. The molecular weight excluding hydrogens is 434 g/mol. The molecule has 1 aliphatic carbocycles. The summed E-state index contributed by atoms with van der Waals surface area (Å²) in [5.74, 6) is -0.400. The Morgan fingerprint density at radius 2 is 1.76 bits per heavy atom. The van der Waals surface area contributed by atoms with Crippen molar-refractivity contribution in [2.45, 2.75) is 89.3 Å². The Bertz CT molecular complexity index is 695. The third-order valence-electron chi connectivity index (χ3n) is 6.28. The number of carboxylic acids is 1. The van der Waals surface area contributed by atoms with Crippen LogP contribution in [0.3, 0.4) is 0 Å². The molecule has 1 fully saturated rings. The van der Waals surface area contributed by atoms with E-state index in [4.69, 9.17) is 10.8 Å². The van der Waals surface area contributed by atoms with Crippen molar-refractivity contribution in [2.75, 3.05) is 13.6 Å². The Balaban J connectivity index is 0.000000479. The van der Waals surface area contributed by atoms with Crippen molar-refractivity contribution in [1.82, 2.24) is 10.2 Å². The standard InChI is InChI=1S/C18H26N2O4.C8H17NO/c1-20(13-15-9-5-4-6-10-15)18(24)16(19-14-21)11-7-2-3-8-12-17(22)23;9-6-8(10)7-4-2-1-3-5-7/h4-6,9-10,14,16H,2-3,7-8,11-13H2,1H3,(H,19,21)(H,22,23);7-8,10H,1-6,9H2. The van der Waals surface area contributed by atoms with Gasteiger partial charge >= 0.3 is 5.97 Å². The Kier molecular flexibility index (Phi) is 15.6. The van der Waals surface area contributed by atoms with E-state index < -0.39 is 12.0 Å². The zero-order valence-corrected chi connectivity index (χ0v) is 20.5. The Morgan fingerprint density at radius 3 is 2.35 bits per heavy atom. The second-order valence-corrected chi connectivity index (χ2v) is 9.06. The maximum Gasteiger partial charge on any atom is 0.303 e. The number of nitrogens with two attached hydrogens (primary N) is 1. The highest BCUT2D eigenvalue weighted by Crippen LogP contribution is 2.25. The molecule has 0 saturated heterocycles. The Labute approximate surface area is 203 Å². The number of likely N-dealkylation sites (N-methyl/N-ethyl adjacent to an activating group) is 1. The van der Waals surface area contributed by atoms with Crippen molar-refractivity contribution < 1.29 is 24.6 Å². The van der Waals surface area contributed by atoms with Gasteiger partial charge in [0.1, 0.15) is 6.04 Å². The molecule has 1 aromatic carbocycles. The Hall–Kier alpha value is -2.45. The van der Waals surface area contributed by atoms with Crippen molar-refractivity contribution >= 4 is 18.3 Å². The monoisotopic (exact) mass is 477 g/mol. The highest BCUT2D eigenvalue weighted by molar-refractivity contribution is 5.83. The number of nitrogens with zero attached hydrogens (tertiary/aromatic N) is 1. The lowest BCUT2D eigenvalue weighted by Gasteiger charge is -2.25. The van der Waals surface area contributed by atoms with Crippen molar-refractivity contribution in [3.8, 4) is 0 Å². The number of aliphatic hydroxyl groups excluding tert-OH is 1. The van der Waals surface area contributed by atoms with Crippen molar-refractivity contribution in [3.63, 3.8) is 0 Å². The van der Waals surface area contributed by atoms with Gasteiger partial charge in [-0.2, -0.15) is 0 Å². The molecule has 0 aromatic heterocycles. The second-order valence-electron chi connectivity index (χ2n) is 9.06. The van der Waals surface area contributed by atoms with E-state index >= 15 is 0 Å². The van der Waals surface area contributed by atoms with E-state index in [9.17, 15) is 19.5 Å². The van der Waals surface area contributed by atoms with Crippen LogP contribution in [0.4, 0.5) is 0 Å². The van der Waals surface area contributed by atoms with Gasteiger partial charge in [-0.15, -0.1) is 0 Å². The molecule has 8 nitrogen and oxygen atoms in total. The van der Waals surface area contributed by atoms with Gasteiger partial charge in [-0.1, -0.05) is 68.9 Å². The molecule has 8 heteroatoms. The Morgan fingerprint density at radius 1 is 1.12 bits per heavy atom. The molecule has 0 bridgehead atoms. The van der Waals surface area contributed by atoms with Gasteiger partial charge in [0.25, 0.3) is 0 Å². The molecule has 2 unspecified atom stereocenters. The predicted octanol–water partition coefficient (Wildman–Crippen LogP) is 3.07. The third-order valence-corrected chi connectivity index (χ3v) is 6.28. The normalized spacial score (nSPS) is 15.4. The summed E-state index contributed by atoms with van der Waals surface area (Å²) in [6.07, 6.45) is 10.4. The summed E-state index contributed by atoms with van der Waals surface area (Å²) < 4.78 is 0. The van der Waals surface area contributed by atoms with E-state index in [1.165, 1.54) is 32.1 Å². The summed E-state index contributed by atoms with van der Waals surface area (Å²) in [6, 6.07) is 9.14. The maximum atomic E-state index is 12.5. The smallest absolute Gasteiger partial charge is 0.303 e. The van der Waals surface area contributed by atoms with Crippen LogP contribution in [0.2, 0.25) is 0 Å². The number of carbonyl (C=O) groups is 3. The van der Waals surface area contributed by atoms with E-state index in [0.717, 1.165) is 24.8 Å². The van der Waals surface area contributed by atoms with Crippen LogP contribution in [-0.2, 0) is 20.9 Å². The fourth-order valence-electron chi connectivity index (χ4n) is 4.25. The minimum absolute atomic E-state index is 0.114. The van der Waals surface area contributed by atoms with Gasteiger partial charge in [-0.3, -0.25) is 14.4 Å². The maximum absolute atomic E-state index is 12.5. The van der Waals surface area contributed by atoms with Crippen LogP contribution >= 0.6 is 0 Å². The molecule has 0 heterocycles. The van der Waals surface area contributed by atoms with Crippen molar-refractivity contribution in [3.05, 3.63) is 35.9 Å². The van der Waals surface area contributed by atoms with Crippen LogP contribution in [0, 0.1) is 5.92 Å². The predicted molar refractivity (Wildman–Crippen MR) is 133 cm³/mol. The number of aliphatic hydroxyl groups is 1. The summed E-state index contributed by atoms with van der Waals surface area (Å²) in [7, 11) is 1.72. The largest absolute Gasteiger partial charge is 0.481 e. The number of hydrogen-bond donors (Lipinski definition) is 4. The summed E-state index contributed by atoms with van der Waals surface area (Å²) in [4.78, 5) is 35.3. The average molecular weight is 478 g/mol. The lowest BCUT2D eigenvalue weighted by molar-refractivity contribution is -0.137. The summed E-state index contributed by atoms with van der Waals surface area (Å²) >= 11 is 0. The lowest BCUT2D eigenvalue weighted by atomic mass is 9.85. The van der Waals surface area contributed by atoms with Crippen molar-refractivity contribution in [2.24, 2.45) is 11.7 Å². The lowest BCUT2D eigenvalue weighted by Crippen LogP contribution is -2.44. The number of benzene rings is 1. The first-order valence-electron chi connectivity index (χ1n) is 12.5. The first kappa shape index (κ1) is 29.6. The van der Waals surface area contributed by atoms with Gasteiger partial charge in [-0.05, 0) is 37.2 Å². The average Bonchev–Trinajstić information content (AvgIpc) is 2.85. The van der Waals surface area contributed by atoms with E-state index in [1.54, 1.807) is 11.9 Å². The fourth-order valence-corrected chi connectivity index (χ4v) is 4.25. The van der Waals surface area contributed by atoms with Gasteiger partial charge < -0.3 is 26.2 Å². The molecule has 2 rings (SSSR count). The molecule has 0 spiro atoms. The molecule has 2 amide bonds. The molecule has 192 valence electrons. The first-order chi connectivity index (χ1) is 16.4. The minimum atomic E-state index is -0.784. The number of carboxylic acid groups (broad SMARTS) is 1. The van der Waals surface area contributed by atoms with Gasteiger partial charge in [0, 0.05) is 26.6 Å². The molecule has 1 aliphatic rings. The first-order valence-corrected chi connectivity index (χ1v) is 12.5. The molecule has 0 aliphatic heterocycles. The number of amides is 2. The highest BCUT2D eigenvalue weighted by atomic mass is 16.4.